The molecule has 0 saturated carbocycles. The number of hydrogen-bond donors (Lipinski definition) is 0. The number of halogens is 2. The van der Waals surface area contributed by atoms with E-state index >= 15 is 0 Å². The number of aromatic nitrogens is 2. The van der Waals surface area contributed by atoms with E-state index in [2.05, 4.69) is 19.4 Å². The zero-order chi connectivity index (χ0) is 13.8. The molecule has 18 heavy (non-hydrogen) atoms. The largest absolute Gasteiger partial charge is 0.464 e. The van der Waals surface area contributed by atoms with Gasteiger partial charge in [-0.15, -0.1) is 0 Å². The Balaban J connectivity index is 2.97. The first-order valence-corrected chi connectivity index (χ1v) is 4.89. The highest BCUT2D eigenvalue weighted by atomic mass is 19.3. The van der Waals surface area contributed by atoms with E-state index in [1.54, 1.807) is 0 Å². The summed E-state index contributed by atoms with van der Waals surface area (Å²) in [6.45, 7) is 1.22. The number of carbonyl (C=O) groups is 2. The number of nitrogens with zero attached hydrogens (tertiary/aromatic N) is 2. The summed E-state index contributed by atoms with van der Waals surface area (Å²) in [5.74, 6) is -6.43. The van der Waals surface area contributed by atoms with Crippen molar-refractivity contribution in [3.05, 3.63) is 23.8 Å². The summed E-state index contributed by atoms with van der Waals surface area (Å²) in [5.41, 5.74) is -1.13. The van der Waals surface area contributed by atoms with Crippen LogP contribution in [0.3, 0.4) is 0 Å². The second-order valence-corrected chi connectivity index (χ2v) is 3.07. The number of ether oxygens (including phenoxy) is 2. The third kappa shape index (κ3) is 2.76. The molecule has 1 rings (SSSR count). The fourth-order valence-electron chi connectivity index (χ4n) is 1.03. The van der Waals surface area contributed by atoms with Gasteiger partial charge in [0.25, 0.3) is 0 Å². The lowest BCUT2D eigenvalue weighted by Crippen LogP contribution is -2.29. The van der Waals surface area contributed by atoms with Gasteiger partial charge in [-0.1, -0.05) is 0 Å². The minimum Gasteiger partial charge on any atom is -0.464 e. The van der Waals surface area contributed by atoms with E-state index in [9.17, 15) is 18.4 Å². The van der Waals surface area contributed by atoms with Gasteiger partial charge in [0.2, 0.25) is 0 Å². The topological polar surface area (TPSA) is 78.4 Å². The first kappa shape index (κ1) is 13.9. The van der Waals surface area contributed by atoms with Crippen molar-refractivity contribution in [1.29, 1.82) is 0 Å². The third-order valence-corrected chi connectivity index (χ3v) is 1.90. The highest BCUT2D eigenvalue weighted by molar-refractivity contribution is 5.86. The highest BCUT2D eigenvalue weighted by Crippen LogP contribution is 2.27. The van der Waals surface area contributed by atoms with Crippen LogP contribution < -0.4 is 0 Å². The predicted molar refractivity (Wildman–Crippen MR) is 53.9 cm³/mol. The Hall–Kier alpha value is -2.12. The SMILES string of the molecule is CCOC(=O)C(F)(F)c1cnc(C(=O)OC)cn1. The van der Waals surface area contributed by atoms with Crippen molar-refractivity contribution in [1.82, 2.24) is 9.97 Å². The normalized spacial score (nSPS) is 10.9. The first-order chi connectivity index (χ1) is 8.43. The lowest BCUT2D eigenvalue weighted by molar-refractivity contribution is -0.173. The van der Waals surface area contributed by atoms with Gasteiger partial charge in [-0.25, -0.2) is 14.6 Å². The van der Waals surface area contributed by atoms with Gasteiger partial charge in [-0.05, 0) is 6.92 Å². The van der Waals surface area contributed by atoms with Crippen LogP contribution in [-0.2, 0) is 20.2 Å². The summed E-state index contributed by atoms with van der Waals surface area (Å²) >= 11 is 0. The molecule has 0 aliphatic carbocycles. The van der Waals surface area contributed by atoms with Gasteiger partial charge in [0.05, 0.1) is 26.1 Å². The van der Waals surface area contributed by atoms with Gasteiger partial charge < -0.3 is 9.47 Å². The molecule has 1 aromatic heterocycles. The quantitative estimate of drug-likeness (QED) is 0.749. The van der Waals surface area contributed by atoms with E-state index in [0.717, 1.165) is 13.3 Å². The standard InChI is InChI=1S/C10H10F2N2O4/c1-3-18-9(16)10(11,12)7-5-13-6(4-14-7)8(15)17-2/h4-5H,3H2,1-2H3. The average Bonchev–Trinajstić information content (AvgIpc) is 2.38. The first-order valence-electron chi connectivity index (χ1n) is 4.89. The summed E-state index contributed by atoms with van der Waals surface area (Å²) in [6, 6.07) is 0. The highest BCUT2D eigenvalue weighted by Gasteiger charge is 2.44. The number of hydrogen-bond acceptors (Lipinski definition) is 6. The minimum absolute atomic E-state index is 0.178. The molecule has 98 valence electrons. The Morgan fingerprint density at radius 2 is 2.00 bits per heavy atom. The van der Waals surface area contributed by atoms with Crippen molar-refractivity contribution >= 4 is 11.9 Å². The van der Waals surface area contributed by atoms with E-state index in [1.807, 2.05) is 0 Å². The molecule has 0 aliphatic heterocycles. The molecule has 0 atom stereocenters. The smallest absolute Gasteiger partial charge is 0.385 e. The van der Waals surface area contributed by atoms with E-state index < -0.39 is 23.6 Å². The minimum atomic E-state index is -3.91. The maximum Gasteiger partial charge on any atom is 0.385 e. The van der Waals surface area contributed by atoms with Crippen molar-refractivity contribution in [2.24, 2.45) is 0 Å². The number of esters is 2. The van der Waals surface area contributed by atoms with Crippen molar-refractivity contribution in [2.45, 2.75) is 12.8 Å². The number of alkyl halides is 2. The van der Waals surface area contributed by atoms with Crippen LogP contribution in [0.1, 0.15) is 23.1 Å². The molecule has 6 nitrogen and oxygen atoms in total. The molecule has 0 spiro atoms. The van der Waals surface area contributed by atoms with Gasteiger partial charge in [0.15, 0.2) is 5.69 Å². The second-order valence-electron chi connectivity index (χ2n) is 3.07. The van der Waals surface area contributed by atoms with E-state index in [0.29, 0.717) is 6.20 Å². The van der Waals surface area contributed by atoms with Crippen LogP contribution in [0.2, 0.25) is 0 Å². The number of carbonyl (C=O) groups excluding carboxylic acids is 2. The molecular formula is C10H10F2N2O4. The Morgan fingerprint density at radius 1 is 1.33 bits per heavy atom. The van der Waals surface area contributed by atoms with Gasteiger partial charge in [-0.2, -0.15) is 8.78 Å². The molecule has 0 amide bonds. The summed E-state index contributed by atoms with van der Waals surface area (Å²) < 4.78 is 35.5. The van der Waals surface area contributed by atoms with Crippen molar-refractivity contribution < 1.29 is 27.8 Å². The van der Waals surface area contributed by atoms with E-state index in [-0.39, 0.29) is 12.3 Å². The predicted octanol–water partition coefficient (Wildman–Crippen LogP) is 0.918. The van der Waals surface area contributed by atoms with Gasteiger partial charge in [0.1, 0.15) is 5.69 Å². The Morgan fingerprint density at radius 3 is 2.44 bits per heavy atom. The van der Waals surface area contributed by atoms with Crippen LogP contribution in [0, 0.1) is 0 Å². The summed E-state index contributed by atoms with van der Waals surface area (Å²) in [4.78, 5) is 28.8. The van der Waals surface area contributed by atoms with Crippen LogP contribution >= 0.6 is 0 Å². The average molecular weight is 260 g/mol. The van der Waals surface area contributed by atoms with Gasteiger partial charge in [0, 0.05) is 0 Å². The Labute approximate surface area is 101 Å². The molecule has 0 aliphatic rings. The Bertz CT molecular complexity index is 448. The summed E-state index contributed by atoms with van der Waals surface area (Å²) in [7, 11) is 1.12. The molecule has 0 saturated heterocycles. The van der Waals surface area contributed by atoms with E-state index in [1.165, 1.54) is 6.92 Å². The zero-order valence-corrected chi connectivity index (χ0v) is 9.65. The lowest BCUT2D eigenvalue weighted by atomic mass is 10.2. The molecule has 0 radical (unpaired) electrons. The molecule has 0 unspecified atom stereocenters. The molecule has 0 fully saturated rings. The molecule has 0 aromatic carbocycles. The molecule has 0 bridgehead atoms. The van der Waals surface area contributed by atoms with Gasteiger partial charge >= 0.3 is 17.9 Å². The molecule has 1 heterocycles. The summed E-state index contributed by atoms with van der Waals surface area (Å²) in [6.07, 6.45) is 1.43. The van der Waals surface area contributed by atoms with Crippen LogP contribution in [0.15, 0.2) is 12.4 Å². The van der Waals surface area contributed by atoms with Crippen molar-refractivity contribution in [2.75, 3.05) is 13.7 Å². The van der Waals surface area contributed by atoms with Crippen molar-refractivity contribution in [3.63, 3.8) is 0 Å². The maximum absolute atomic E-state index is 13.5. The van der Waals surface area contributed by atoms with Gasteiger partial charge in [-0.3, -0.25) is 4.98 Å². The molecule has 1 aromatic rings. The summed E-state index contributed by atoms with van der Waals surface area (Å²) in [5, 5.41) is 0. The number of methoxy groups -OCH3 is 1. The third-order valence-electron chi connectivity index (χ3n) is 1.90. The second kappa shape index (κ2) is 5.48. The van der Waals surface area contributed by atoms with Crippen LogP contribution in [0.5, 0.6) is 0 Å². The number of rotatable bonds is 4. The zero-order valence-electron chi connectivity index (χ0n) is 9.65. The molecule has 0 N–H and O–H groups in total. The Kier molecular flexibility index (Phi) is 4.24. The fraction of sp³-hybridized carbons (Fsp3) is 0.400. The molecule has 8 heteroatoms. The maximum atomic E-state index is 13.5. The van der Waals surface area contributed by atoms with E-state index in [4.69, 9.17) is 0 Å². The van der Waals surface area contributed by atoms with Crippen molar-refractivity contribution in [3.8, 4) is 0 Å². The van der Waals surface area contributed by atoms with Crippen LogP contribution in [0.25, 0.3) is 0 Å². The monoisotopic (exact) mass is 260 g/mol. The van der Waals surface area contributed by atoms with Crippen LogP contribution in [0.4, 0.5) is 8.78 Å². The lowest BCUT2D eigenvalue weighted by Gasteiger charge is -2.13. The van der Waals surface area contributed by atoms with Crippen LogP contribution in [-0.4, -0.2) is 35.6 Å². The fourth-order valence-corrected chi connectivity index (χ4v) is 1.03. The molecular weight excluding hydrogens is 250 g/mol.